The first-order chi connectivity index (χ1) is 12.3. The van der Waals surface area contributed by atoms with E-state index in [-0.39, 0.29) is 18.7 Å². The van der Waals surface area contributed by atoms with Gasteiger partial charge in [-0.3, -0.25) is 19.6 Å². The van der Waals surface area contributed by atoms with Gasteiger partial charge >= 0.3 is 12.1 Å². The molecule has 1 amide bonds. The molecule has 0 unspecified atom stereocenters. The summed E-state index contributed by atoms with van der Waals surface area (Å²) in [7, 11) is 0. The van der Waals surface area contributed by atoms with Gasteiger partial charge in [0, 0.05) is 24.7 Å². The van der Waals surface area contributed by atoms with Gasteiger partial charge in [-0.25, -0.2) is 4.79 Å². The second-order valence-corrected chi connectivity index (χ2v) is 6.00. The summed E-state index contributed by atoms with van der Waals surface area (Å²) in [5, 5.41) is 3.83. The number of aromatic nitrogens is 2. The highest BCUT2D eigenvalue weighted by molar-refractivity contribution is 5.80. The van der Waals surface area contributed by atoms with Crippen LogP contribution in [0.25, 0.3) is 0 Å². The minimum atomic E-state index is -5.22. The molecule has 0 bridgehead atoms. The third-order valence-electron chi connectivity index (χ3n) is 4.33. The number of piperidine rings is 1. The molecule has 2 fully saturated rings. The minimum Gasteiger partial charge on any atom is -0.424 e. The Bertz CT molecular complexity index is 667. The van der Waals surface area contributed by atoms with E-state index in [9.17, 15) is 22.8 Å². The maximum absolute atomic E-state index is 12.9. The number of carbonyl (C=O) groups is 2. The number of carbonyl (C=O) groups excluding carboxylic acids is 2. The number of hydroxylamine groups is 2. The zero-order valence-corrected chi connectivity index (χ0v) is 13.7. The molecule has 1 N–H and O–H groups in total. The Morgan fingerprint density at radius 2 is 2.04 bits per heavy atom. The zero-order chi connectivity index (χ0) is 18.8. The first kappa shape index (κ1) is 18.5. The van der Waals surface area contributed by atoms with Gasteiger partial charge in [-0.15, -0.1) is 0 Å². The van der Waals surface area contributed by atoms with Crippen molar-refractivity contribution in [1.29, 1.82) is 0 Å². The van der Waals surface area contributed by atoms with E-state index in [4.69, 9.17) is 9.57 Å². The lowest BCUT2D eigenvalue weighted by Crippen LogP contribution is -2.52. The van der Waals surface area contributed by atoms with Crippen molar-refractivity contribution in [3.63, 3.8) is 0 Å². The number of nitrogens with one attached hydrogen (secondary N) is 1. The number of halogens is 3. The highest BCUT2D eigenvalue weighted by atomic mass is 19.4. The Morgan fingerprint density at radius 1 is 1.31 bits per heavy atom. The van der Waals surface area contributed by atoms with Crippen LogP contribution in [0.4, 0.5) is 13.2 Å². The first-order valence-electron chi connectivity index (χ1n) is 8.09. The third kappa shape index (κ3) is 3.49. The number of hydrogen-bond acceptors (Lipinski definition) is 7. The highest BCUT2D eigenvalue weighted by Crippen LogP contribution is 2.40. The molecule has 11 heteroatoms. The van der Waals surface area contributed by atoms with Gasteiger partial charge in [0.2, 0.25) is 0 Å². The van der Waals surface area contributed by atoms with Gasteiger partial charge in [0.05, 0.1) is 12.8 Å². The van der Waals surface area contributed by atoms with Crippen molar-refractivity contribution < 1.29 is 32.3 Å². The van der Waals surface area contributed by atoms with E-state index >= 15 is 0 Å². The molecule has 2 aliphatic heterocycles. The van der Waals surface area contributed by atoms with E-state index in [2.05, 4.69) is 15.3 Å². The van der Waals surface area contributed by atoms with E-state index in [1.807, 2.05) is 0 Å². The van der Waals surface area contributed by atoms with Crippen LogP contribution in [0.3, 0.4) is 0 Å². The summed E-state index contributed by atoms with van der Waals surface area (Å²) < 4.78 is 43.2. The molecule has 0 saturated carbocycles. The average molecular weight is 374 g/mol. The fraction of sp³-hybridized carbons (Fsp3) is 0.600. The van der Waals surface area contributed by atoms with Crippen molar-refractivity contribution >= 4 is 11.9 Å². The normalized spacial score (nSPS) is 24.5. The number of ether oxygens (including phenoxy) is 1. The summed E-state index contributed by atoms with van der Waals surface area (Å²) in [6, 6.07) is 0. The lowest BCUT2D eigenvalue weighted by molar-refractivity contribution is -0.269. The van der Waals surface area contributed by atoms with Crippen LogP contribution in [0, 0.1) is 5.92 Å². The Kier molecular flexibility index (Phi) is 5.10. The summed E-state index contributed by atoms with van der Waals surface area (Å²) in [6.07, 6.45) is -0.682. The number of alkyl halides is 3. The van der Waals surface area contributed by atoms with Crippen molar-refractivity contribution in [2.24, 2.45) is 5.92 Å². The highest BCUT2D eigenvalue weighted by Gasteiger charge is 2.56. The van der Waals surface area contributed by atoms with Gasteiger partial charge in [-0.2, -0.15) is 18.2 Å². The predicted octanol–water partition coefficient (Wildman–Crippen LogP) is 0.898. The monoisotopic (exact) mass is 374 g/mol. The molecule has 0 spiro atoms. The lowest BCUT2D eigenvalue weighted by atomic mass is 9.95. The Hall–Kier alpha value is -2.27. The van der Waals surface area contributed by atoms with E-state index in [0.717, 1.165) is 11.3 Å². The molecule has 2 saturated heterocycles. The van der Waals surface area contributed by atoms with Crippen LogP contribution in [-0.2, 0) is 24.9 Å². The summed E-state index contributed by atoms with van der Waals surface area (Å²) in [6.45, 7) is 1.11. The Morgan fingerprint density at radius 3 is 2.65 bits per heavy atom. The van der Waals surface area contributed by atoms with Crippen LogP contribution in [0.1, 0.15) is 25.0 Å². The number of esters is 1. The fourth-order valence-electron chi connectivity index (χ4n) is 3.05. The lowest BCUT2D eigenvalue weighted by Gasteiger charge is -2.37. The number of amides is 1. The largest absolute Gasteiger partial charge is 0.491 e. The zero-order valence-electron chi connectivity index (χ0n) is 13.7. The van der Waals surface area contributed by atoms with Gasteiger partial charge < -0.3 is 10.1 Å². The van der Waals surface area contributed by atoms with Crippen LogP contribution in [-0.4, -0.2) is 52.8 Å². The Balaban J connectivity index is 1.96. The van der Waals surface area contributed by atoms with Gasteiger partial charge in [-0.1, -0.05) is 0 Å². The van der Waals surface area contributed by atoms with E-state index in [1.165, 1.54) is 12.4 Å². The molecule has 3 rings (SSSR count). The van der Waals surface area contributed by atoms with Crippen molar-refractivity contribution in [2.75, 3.05) is 19.7 Å². The molecular weight excluding hydrogens is 357 g/mol. The van der Waals surface area contributed by atoms with E-state index in [1.54, 1.807) is 0 Å². The van der Waals surface area contributed by atoms with Gasteiger partial charge in [0.1, 0.15) is 5.69 Å². The second-order valence-electron chi connectivity index (χ2n) is 6.00. The van der Waals surface area contributed by atoms with Crippen LogP contribution >= 0.6 is 0 Å². The van der Waals surface area contributed by atoms with Crippen LogP contribution < -0.4 is 5.32 Å². The van der Waals surface area contributed by atoms with E-state index in [0.29, 0.717) is 25.9 Å². The van der Waals surface area contributed by atoms with Gasteiger partial charge in [0.15, 0.2) is 0 Å². The summed E-state index contributed by atoms with van der Waals surface area (Å²) in [5.74, 6) is -3.41. The maximum Gasteiger partial charge on any atom is 0.491 e. The fourth-order valence-corrected chi connectivity index (χ4v) is 3.05. The molecule has 26 heavy (non-hydrogen) atoms. The molecule has 0 aromatic carbocycles. The van der Waals surface area contributed by atoms with Gasteiger partial charge in [-0.05, 0) is 25.9 Å². The molecular formula is C15H17F3N4O4. The predicted molar refractivity (Wildman–Crippen MR) is 78.9 cm³/mol. The first-order valence-corrected chi connectivity index (χ1v) is 8.09. The molecule has 8 nitrogen and oxygen atoms in total. The summed E-state index contributed by atoms with van der Waals surface area (Å²) >= 11 is 0. The van der Waals surface area contributed by atoms with Crippen molar-refractivity contribution in [1.82, 2.24) is 20.3 Å². The number of hydrogen-bond donors (Lipinski definition) is 1. The second kappa shape index (κ2) is 7.16. The molecule has 2 aliphatic rings. The minimum absolute atomic E-state index is 0.0988. The molecule has 3 heterocycles. The molecule has 142 valence electrons. The SMILES string of the molecule is O=C(C1CCNCC1)N1OCC[C@]1(OC(=O)C(F)(F)F)c1cnccn1. The molecule has 1 aromatic rings. The quantitative estimate of drug-likeness (QED) is 0.786. The Labute approximate surface area is 146 Å². The van der Waals surface area contributed by atoms with Crippen LogP contribution in [0.5, 0.6) is 0 Å². The van der Waals surface area contributed by atoms with Crippen molar-refractivity contribution in [3.05, 3.63) is 24.3 Å². The standard InChI is InChI=1S/C15H17F3N4O4/c16-15(17,18)13(24)26-14(11-9-20-6-7-21-11)3-8-25-22(14)12(23)10-1-4-19-5-2-10/h6-7,9-10,19H,1-5,8H2/t14-/m0/s1. The molecule has 1 aromatic heterocycles. The van der Waals surface area contributed by atoms with Gasteiger partial charge in [0.25, 0.3) is 11.6 Å². The van der Waals surface area contributed by atoms with Crippen molar-refractivity contribution in [3.8, 4) is 0 Å². The smallest absolute Gasteiger partial charge is 0.424 e. The number of nitrogens with zero attached hydrogens (tertiary/aromatic N) is 3. The average Bonchev–Trinajstić information content (AvgIpc) is 3.06. The van der Waals surface area contributed by atoms with Crippen LogP contribution in [0.15, 0.2) is 18.6 Å². The van der Waals surface area contributed by atoms with Crippen LogP contribution in [0.2, 0.25) is 0 Å². The summed E-state index contributed by atoms with van der Waals surface area (Å²) in [4.78, 5) is 37.5. The third-order valence-corrected chi connectivity index (χ3v) is 4.33. The van der Waals surface area contributed by atoms with E-state index < -0.39 is 29.7 Å². The molecule has 0 radical (unpaired) electrons. The summed E-state index contributed by atoms with van der Waals surface area (Å²) in [5.41, 5.74) is -2.19. The molecule has 0 aliphatic carbocycles. The van der Waals surface area contributed by atoms with Crippen molar-refractivity contribution in [2.45, 2.75) is 31.2 Å². The number of rotatable bonds is 3. The maximum atomic E-state index is 12.9. The molecule has 1 atom stereocenters. The topological polar surface area (TPSA) is 93.7 Å².